The van der Waals surface area contributed by atoms with Gasteiger partial charge in [-0.3, -0.25) is 4.98 Å². The van der Waals surface area contributed by atoms with E-state index in [4.69, 9.17) is 5.73 Å². The maximum Gasteiger partial charge on any atom is 0.0560 e. The van der Waals surface area contributed by atoms with E-state index in [0.29, 0.717) is 6.54 Å². The van der Waals surface area contributed by atoms with Gasteiger partial charge < -0.3 is 10.6 Å². The standard InChI is InChI=1S/C12H19N3/c1-9-5-10(9)8-15(2)12-3-4-14-11(6-12)7-13/h3-4,6,9-10H,5,7-8,13H2,1-2H3. The van der Waals surface area contributed by atoms with Crippen molar-refractivity contribution in [2.24, 2.45) is 17.6 Å². The van der Waals surface area contributed by atoms with Gasteiger partial charge in [0.25, 0.3) is 0 Å². The fraction of sp³-hybridized carbons (Fsp3) is 0.583. The number of hydrogen-bond acceptors (Lipinski definition) is 3. The number of aromatic nitrogens is 1. The summed E-state index contributed by atoms with van der Waals surface area (Å²) in [5.74, 6) is 1.78. The molecule has 2 unspecified atom stereocenters. The highest BCUT2D eigenvalue weighted by Gasteiger charge is 2.33. The van der Waals surface area contributed by atoms with Gasteiger partial charge in [0.2, 0.25) is 0 Å². The third-order valence-corrected chi connectivity index (χ3v) is 3.23. The van der Waals surface area contributed by atoms with Gasteiger partial charge in [-0.2, -0.15) is 0 Å². The van der Waals surface area contributed by atoms with Crippen LogP contribution in [-0.2, 0) is 6.54 Å². The molecule has 0 radical (unpaired) electrons. The van der Waals surface area contributed by atoms with Crippen molar-refractivity contribution in [2.75, 3.05) is 18.5 Å². The lowest BCUT2D eigenvalue weighted by atomic mass is 10.2. The van der Waals surface area contributed by atoms with Crippen LogP contribution >= 0.6 is 0 Å². The van der Waals surface area contributed by atoms with Crippen molar-refractivity contribution in [3.8, 4) is 0 Å². The molecule has 3 heteroatoms. The maximum absolute atomic E-state index is 5.57. The normalized spacial score (nSPS) is 23.9. The number of hydrogen-bond donors (Lipinski definition) is 1. The molecular weight excluding hydrogens is 186 g/mol. The fourth-order valence-electron chi connectivity index (χ4n) is 1.93. The van der Waals surface area contributed by atoms with E-state index in [1.807, 2.05) is 12.3 Å². The SMILES string of the molecule is CC1CC1CN(C)c1ccnc(CN)c1. The van der Waals surface area contributed by atoms with Crippen LogP contribution in [0.25, 0.3) is 0 Å². The molecule has 1 fully saturated rings. The Bertz CT molecular complexity index is 337. The molecule has 2 rings (SSSR count). The average molecular weight is 205 g/mol. The molecule has 1 aliphatic carbocycles. The molecule has 1 aromatic heterocycles. The molecule has 82 valence electrons. The first-order chi connectivity index (χ1) is 7.20. The Morgan fingerprint density at radius 3 is 2.93 bits per heavy atom. The monoisotopic (exact) mass is 205 g/mol. The summed E-state index contributed by atoms with van der Waals surface area (Å²) in [5, 5.41) is 0. The predicted octanol–water partition coefficient (Wildman–Crippen LogP) is 1.63. The van der Waals surface area contributed by atoms with E-state index in [1.165, 1.54) is 12.1 Å². The molecule has 0 saturated heterocycles. The van der Waals surface area contributed by atoms with Gasteiger partial charge in [-0.1, -0.05) is 6.92 Å². The summed E-state index contributed by atoms with van der Waals surface area (Å²) in [6.45, 7) is 3.98. The van der Waals surface area contributed by atoms with Crippen LogP contribution in [0.15, 0.2) is 18.3 Å². The van der Waals surface area contributed by atoms with Gasteiger partial charge in [0.05, 0.1) is 5.69 Å². The smallest absolute Gasteiger partial charge is 0.0560 e. The van der Waals surface area contributed by atoms with E-state index >= 15 is 0 Å². The topological polar surface area (TPSA) is 42.2 Å². The molecule has 2 atom stereocenters. The first kappa shape index (κ1) is 10.4. The molecule has 1 saturated carbocycles. The van der Waals surface area contributed by atoms with Crippen LogP contribution in [0.2, 0.25) is 0 Å². The summed E-state index contributed by atoms with van der Waals surface area (Å²) in [7, 11) is 2.14. The number of anilines is 1. The van der Waals surface area contributed by atoms with Crippen molar-refractivity contribution >= 4 is 5.69 Å². The van der Waals surface area contributed by atoms with Gasteiger partial charge in [-0.05, 0) is 30.4 Å². The minimum Gasteiger partial charge on any atom is -0.374 e. The van der Waals surface area contributed by atoms with Crippen LogP contribution in [0.1, 0.15) is 19.0 Å². The van der Waals surface area contributed by atoms with E-state index in [2.05, 4.69) is 29.9 Å². The Balaban J connectivity index is 2.00. The fourth-order valence-corrected chi connectivity index (χ4v) is 1.93. The van der Waals surface area contributed by atoms with Crippen molar-refractivity contribution in [3.63, 3.8) is 0 Å². The Hall–Kier alpha value is -1.09. The molecule has 0 bridgehead atoms. The first-order valence-corrected chi connectivity index (χ1v) is 5.57. The predicted molar refractivity (Wildman–Crippen MR) is 62.7 cm³/mol. The van der Waals surface area contributed by atoms with Crippen molar-refractivity contribution in [3.05, 3.63) is 24.0 Å². The molecule has 1 aromatic rings. The van der Waals surface area contributed by atoms with E-state index < -0.39 is 0 Å². The van der Waals surface area contributed by atoms with Crippen LogP contribution < -0.4 is 10.6 Å². The van der Waals surface area contributed by atoms with Crippen molar-refractivity contribution in [1.82, 2.24) is 4.98 Å². The lowest BCUT2D eigenvalue weighted by molar-refractivity contribution is 0.724. The maximum atomic E-state index is 5.57. The Morgan fingerprint density at radius 2 is 2.33 bits per heavy atom. The van der Waals surface area contributed by atoms with Crippen molar-refractivity contribution in [1.29, 1.82) is 0 Å². The summed E-state index contributed by atoms with van der Waals surface area (Å²) < 4.78 is 0. The first-order valence-electron chi connectivity index (χ1n) is 5.57. The molecule has 15 heavy (non-hydrogen) atoms. The van der Waals surface area contributed by atoms with Gasteiger partial charge in [-0.15, -0.1) is 0 Å². The van der Waals surface area contributed by atoms with Crippen LogP contribution in [0.5, 0.6) is 0 Å². The molecule has 0 spiro atoms. The zero-order valence-corrected chi connectivity index (χ0v) is 9.48. The minimum absolute atomic E-state index is 0.515. The number of pyridine rings is 1. The van der Waals surface area contributed by atoms with E-state index in [9.17, 15) is 0 Å². The van der Waals surface area contributed by atoms with Crippen LogP contribution in [0.4, 0.5) is 5.69 Å². The lowest BCUT2D eigenvalue weighted by Gasteiger charge is -2.19. The second-order valence-electron chi connectivity index (χ2n) is 4.56. The lowest BCUT2D eigenvalue weighted by Crippen LogP contribution is -2.20. The largest absolute Gasteiger partial charge is 0.374 e. The molecule has 1 aliphatic rings. The van der Waals surface area contributed by atoms with Crippen LogP contribution in [-0.4, -0.2) is 18.6 Å². The molecule has 3 nitrogen and oxygen atoms in total. The second-order valence-corrected chi connectivity index (χ2v) is 4.56. The molecule has 1 heterocycles. The van der Waals surface area contributed by atoms with E-state index in [1.54, 1.807) is 0 Å². The number of nitrogens with zero attached hydrogens (tertiary/aromatic N) is 2. The van der Waals surface area contributed by atoms with Crippen LogP contribution in [0, 0.1) is 11.8 Å². The summed E-state index contributed by atoms with van der Waals surface area (Å²) in [6.07, 6.45) is 3.21. The minimum atomic E-state index is 0.515. The molecule has 0 amide bonds. The van der Waals surface area contributed by atoms with Gasteiger partial charge in [0.15, 0.2) is 0 Å². The quantitative estimate of drug-likeness (QED) is 0.812. The van der Waals surface area contributed by atoms with Gasteiger partial charge in [0.1, 0.15) is 0 Å². The number of rotatable bonds is 4. The zero-order chi connectivity index (χ0) is 10.8. The molecular formula is C12H19N3. The van der Waals surface area contributed by atoms with Crippen molar-refractivity contribution in [2.45, 2.75) is 19.9 Å². The summed E-state index contributed by atoms with van der Waals surface area (Å²) >= 11 is 0. The highest BCUT2D eigenvalue weighted by Crippen LogP contribution is 2.38. The van der Waals surface area contributed by atoms with E-state index in [0.717, 1.165) is 24.1 Å². The zero-order valence-electron chi connectivity index (χ0n) is 9.48. The van der Waals surface area contributed by atoms with Gasteiger partial charge >= 0.3 is 0 Å². The molecule has 0 aromatic carbocycles. The Morgan fingerprint density at radius 1 is 1.60 bits per heavy atom. The Kier molecular flexibility index (Phi) is 2.91. The molecule has 2 N–H and O–H groups in total. The van der Waals surface area contributed by atoms with Gasteiger partial charge in [0, 0.05) is 32.0 Å². The molecule has 0 aliphatic heterocycles. The summed E-state index contributed by atoms with van der Waals surface area (Å²) in [5.41, 5.74) is 7.76. The van der Waals surface area contributed by atoms with Crippen LogP contribution in [0.3, 0.4) is 0 Å². The second kappa shape index (κ2) is 4.19. The average Bonchev–Trinajstić information content (AvgIpc) is 2.94. The summed E-state index contributed by atoms with van der Waals surface area (Å²) in [6, 6.07) is 4.12. The third-order valence-electron chi connectivity index (χ3n) is 3.23. The highest BCUT2D eigenvalue weighted by molar-refractivity contribution is 5.45. The number of nitrogens with two attached hydrogens (primary N) is 1. The Labute approximate surface area is 91.3 Å². The van der Waals surface area contributed by atoms with Crippen molar-refractivity contribution < 1.29 is 0 Å². The van der Waals surface area contributed by atoms with E-state index in [-0.39, 0.29) is 0 Å². The third kappa shape index (κ3) is 2.48. The summed E-state index contributed by atoms with van der Waals surface area (Å²) in [4.78, 5) is 6.50. The van der Waals surface area contributed by atoms with Gasteiger partial charge in [-0.25, -0.2) is 0 Å². The highest BCUT2D eigenvalue weighted by atomic mass is 15.1.